The number of carbonyl (C=O) groups is 1. The maximum Gasteiger partial charge on any atom is 0.220 e. The zero-order chi connectivity index (χ0) is 15.3. The van der Waals surface area contributed by atoms with Crippen LogP contribution in [0, 0.1) is 5.82 Å². The Kier molecular flexibility index (Phi) is 5.17. The smallest absolute Gasteiger partial charge is 0.220 e. The first-order valence-corrected chi connectivity index (χ1v) is 7.34. The van der Waals surface area contributed by atoms with E-state index in [0.717, 1.165) is 24.8 Å². The Morgan fingerprint density at radius 1 is 1.48 bits per heavy atom. The molecule has 1 amide bonds. The summed E-state index contributed by atoms with van der Waals surface area (Å²) in [5.41, 5.74) is 0.160. The molecule has 0 saturated heterocycles. The van der Waals surface area contributed by atoms with Crippen LogP contribution in [-0.4, -0.2) is 30.3 Å². The molecule has 2 N–H and O–H groups in total. The number of methoxy groups -OCH3 is 1. The van der Waals surface area contributed by atoms with Crippen molar-refractivity contribution < 1.29 is 19.0 Å². The number of ether oxygens (including phenoxy) is 1. The summed E-state index contributed by atoms with van der Waals surface area (Å²) in [7, 11) is 1.43. The normalized spacial score (nSPS) is 16.1. The maximum atomic E-state index is 13.5. The lowest BCUT2D eigenvalue weighted by Gasteiger charge is -2.36. The summed E-state index contributed by atoms with van der Waals surface area (Å²) >= 11 is 0. The monoisotopic (exact) mass is 295 g/mol. The number of hydrogen-bond acceptors (Lipinski definition) is 3. The first-order valence-electron chi connectivity index (χ1n) is 7.34. The Morgan fingerprint density at radius 3 is 2.81 bits per heavy atom. The van der Waals surface area contributed by atoms with Crippen LogP contribution in [0.15, 0.2) is 18.2 Å². The van der Waals surface area contributed by atoms with E-state index in [0.29, 0.717) is 25.8 Å². The molecule has 21 heavy (non-hydrogen) atoms. The van der Waals surface area contributed by atoms with Gasteiger partial charge in [-0.2, -0.15) is 0 Å². The van der Waals surface area contributed by atoms with E-state index in [2.05, 4.69) is 5.32 Å². The fourth-order valence-corrected chi connectivity index (χ4v) is 2.43. The lowest BCUT2D eigenvalue weighted by Crippen LogP contribution is -2.47. The molecule has 0 unspecified atom stereocenters. The van der Waals surface area contributed by atoms with Gasteiger partial charge in [0.15, 0.2) is 11.6 Å². The Bertz CT molecular complexity index is 500. The van der Waals surface area contributed by atoms with E-state index in [1.54, 1.807) is 12.1 Å². The summed E-state index contributed by atoms with van der Waals surface area (Å²) in [5.74, 6) is -0.221. The van der Waals surface area contributed by atoms with Crippen LogP contribution in [0.1, 0.15) is 37.7 Å². The van der Waals surface area contributed by atoms with Crippen molar-refractivity contribution in [2.75, 3.05) is 13.7 Å². The summed E-state index contributed by atoms with van der Waals surface area (Å²) in [6, 6.07) is 4.83. The number of aryl methyl sites for hydroxylation is 1. The number of nitrogens with one attached hydrogen (secondary N) is 1. The van der Waals surface area contributed by atoms with Crippen LogP contribution in [-0.2, 0) is 11.2 Å². The van der Waals surface area contributed by atoms with E-state index in [9.17, 15) is 14.3 Å². The van der Waals surface area contributed by atoms with Crippen molar-refractivity contribution in [3.05, 3.63) is 29.6 Å². The number of amides is 1. The van der Waals surface area contributed by atoms with Crippen molar-refractivity contribution >= 4 is 5.91 Å². The molecule has 1 saturated carbocycles. The number of carbonyl (C=O) groups excluding carboxylic acids is 1. The molecular weight excluding hydrogens is 273 g/mol. The quantitative estimate of drug-likeness (QED) is 0.810. The molecule has 0 bridgehead atoms. The van der Waals surface area contributed by atoms with E-state index >= 15 is 0 Å². The molecule has 0 spiro atoms. The fraction of sp³-hybridized carbons (Fsp3) is 0.562. The summed E-state index contributed by atoms with van der Waals surface area (Å²) < 4.78 is 18.4. The van der Waals surface area contributed by atoms with Crippen LogP contribution in [0.25, 0.3) is 0 Å². The van der Waals surface area contributed by atoms with Crippen LogP contribution >= 0.6 is 0 Å². The molecule has 0 aliphatic heterocycles. The highest BCUT2D eigenvalue weighted by Gasteiger charge is 2.34. The van der Waals surface area contributed by atoms with Crippen molar-refractivity contribution in [2.45, 2.75) is 44.1 Å². The van der Waals surface area contributed by atoms with Crippen molar-refractivity contribution in [1.82, 2.24) is 5.32 Å². The highest BCUT2D eigenvalue weighted by Crippen LogP contribution is 2.30. The van der Waals surface area contributed by atoms with E-state index in [1.807, 2.05) is 0 Å². The Balaban J connectivity index is 1.68. The predicted molar refractivity (Wildman–Crippen MR) is 77.7 cm³/mol. The number of hydrogen-bond donors (Lipinski definition) is 2. The predicted octanol–water partition coefficient (Wildman–Crippen LogP) is 2.19. The standard InChI is InChI=1S/C16H22FNO3/c1-21-14-7-6-12(10-13(14)17)4-2-5-15(19)18-11-16(20)8-3-9-16/h6-7,10,20H,2-5,8-9,11H2,1H3,(H,18,19). The van der Waals surface area contributed by atoms with E-state index < -0.39 is 5.60 Å². The van der Waals surface area contributed by atoms with Gasteiger partial charge in [0.2, 0.25) is 5.91 Å². The molecule has 116 valence electrons. The SMILES string of the molecule is COc1ccc(CCCC(=O)NCC2(O)CCC2)cc1F. The number of rotatable bonds is 7. The number of halogens is 1. The van der Waals surface area contributed by atoms with E-state index in [1.165, 1.54) is 13.2 Å². The molecule has 0 atom stereocenters. The fourth-order valence-electron chi connectivity index (χ4n) is 2.43. The Labute approximate surface area is 124 Å². The van der Waals surface area contributed by atoms with Gasteiger partial charge >= 0.3 is 0 Å². The molecule has 1 aromatic rings. The van der Waals surface area contributed by atoms with Crippen LogP contribution in [0.3, 0.4) is 0 Å². The molecule has 0 aromatic heterocycles. The van der Waals surface area contributed by atoms with Crippen LogP contribution < -0.4 is 10.1 Å². The summed E-state index contributed by atoms with van der Waals surface area (Å²) in [6.07, 6.45) is 4.21. The van der Waals surface area contributed by atoms with Crippen molar-refractivity contribution in [3.63, 3.8) is 0 Å². The molecular formula is C16H22FNO3. The second-order valence-electron chi connectivity index (χ2n) is 5.68. The van der Waals surface area contributed by atoms with Crippen LogP contribution in [0.5, 0.6) is 5.75 Å². The zero-order valence-electron chi connectivity index (χ0n) is 12.3. The van der Waals surface area contributed by atoms with Crippen LogP contribution in [0.4, 0.5) is 4.39 Å². The van der Waals surface area contributed by atoms with Crippen molar-refractivity contribution in [2.24, 2.45) is 0 Å². The lowest BCUT2D eigenvalue weighted by molar-refractivity contribution is -0.123. The van der Waals surface area contributed by atoms with Gasteiger partial charge in [0.1, 0.15) is 0 Å². The third-order valence-corrected chi connectivity index (χ3v) is 3.98. The largest absolute Gasteiger partial charge is 0.494 e. The van der Waals surface area contributed by atoms with Gasteiger partial charge < -0.3 is 15.2 Å². The molecule has 2 rings (SSSR count). The third kappa shape index (κ3) is 4.43. The molecule has 5 heteroatoms. The molecule has 4 nitrogen and oxygen atoms in total. The molecule has 0 heterocycles. The second-order valence-corrected chi connectivity index (χ2v) is 5.68. The van der Waals surface area contributed by atoms with Gasteiger partial charge in [0.05, 0.1) is 12.7 Å². The minimum Gasteiger partial charge on any atom is -0.494 e. The van der Waals surface area contributed by atoms with Gasteiger partial charge in [-0.1, -0.05) is 6.07 Å². The highest BCUT2D eigenvalue weighted by molar-refractivity contribution is 5.75. The third-order valence-electron chi connectivity index (χ3n) is 3.98. The number of aliphatic hydroxyl groups is 1. The first-order chi connectivity index (χ1) is 10.0. The topological polar surface area (TPSA) is 58.6 Å². The average Bonchev–Trinajstić information content (AvgIpc) is 2.43. The first kappa shape index (κ1) is 15.8. The minimum absolute atomic E-state index is 0.0655. The van der Waals surface area contributed by atoms with Gasteiger partial charge in [-0.25, -0.2) is 4.39 Å². The van der Waals surface area contributed by atoms with Gasteiger partial charge in [-0.15, -0.1) is 0 Å². The van der Waals surface area contributed by atoms with E-state index in [-0.39, 0.29) is 17.5 Å². The second kappa shape index (κ2) is 6.89. The Hall–Kier alpha value is -1.62. The average molecular weight is 295 g/mol. The lowest BCUT2D eigenvalue weighted by atomic mass is 9.80. The summed E-state index contributed by atoms with van der Waals surface area (Å²) in [4.78, 5) is 11.7. The van der Waals surface area contributed by atoms with Crippen LogP contribution in [0.2, 0.25) is 0 Å². The van der Waals surface area contributed by atoms with E-state index in [4.69, 9.17) is 4.74 Å². The Morgan fingerprint density at radius 2 is 2.24 bits per heavy atom. The zero-order valence-corrected chi connectivity index (χ0v) is 12.3. The van der Waals surface area contributed by atoms with Gasteiger partial charge in [0, 0.05) is 13.0 Å². The van der Waals surface area contributed by atoms with Gasteiger partial charge in [0.25, 0.3) is 0 Å². The number of benzene rings is 1. The molecule has 1 fully saturated rings. The molecule has 1 aliphatic carbocycles. The van der Waals surface area contributed by atoms with Gasteiger partial charge in [-0.3, -0.25) is 4.79 Å². The maximum absolute atomic E-state index is 13.5. The molecule has 1 aliphatic rings. The van der Waals surface area contributed by atoms with Crippen molar-refractivity contribution in [1.29, 1.82) is 0 Å². The van der Waals surface area contributed by atoms with Gasteiger partial charge in [-0.05, 0) is 49.8 Å². The summed E-state index contributed by atoms with van der Waals surface area (Å²) in [5, 5.41) is 12.6. The highest BCUT2D eigenvalue weighted by atomic mass is 19.1. The van der Waals surface area contributed by atoms with Crippen molar-refractivity contribution in [3.8, 4) is 5.75 Å². The molecule has 1 aromatic carbocycles. The minimum atomic E-state index is -0.686. The molecule has 0 radical (unpaired) electrons. The summed E-state index contributed by atoms with van der Waals surface area (Å²) in [6.45, 7) is 0.336.